The smallest absolute Gasteiger partial charge is 0.115 e. The molecule has 0 aliphatic heterocycles. The minimum absolute atomic E-state index is 0.415. The van der Waals surface area contributed by atoms with Gasteiger partial charge in [-0.3, -0.25) is 0 Å². The quantitative estimate of drug-likeness (QED) is 0.590. The number of alkyl halides is 1. The molecule has 1 unspecified atom stereocenters. The van der Waals surface area contributed by atoms with Crippen LogP contribution in [0.15, 0.2) is 17.3 Å². The molecule has 0 saturated heterocycles. The topological polar surface area (TPSA) is 12.9 Å². The summed E-state index contributed by atoms with van der Waals surface area (Å²) in [4.78, 5) is 4.16. The van der Waals surface area contributed by atoms with E-state index in [9.17, 15) is 0 Å². The van der Waals surface area contributed by atoms with E-state index in [1.807, 2.05) is 0 Å². The second-order valence-electron chi connectivity index (χ2n) is 2.85. The van der Waals surface area contributed by atoms with Crippen LogP contribution in [0.3, 0.4) is 0 Å². The predicted octanol–water partition coefficient (Wildman–Crippen LogP) is 4.50. The third kappa shape index (κ3) is 3.85. The second-order valence-corrected chi connectivity index (χ2v) is 5.50. The van der Waals surface area contributed by atoms with Crippen molar-refractivity contribution in [2.24, 2.45) is 0 Å². The minimum atomic E-state index is 0.415. The van der Waals surface area contributed by atoms with Crippen LogP contribution in [0.5, 0.6) is 0 Å². The molecule has 0 amide bonds. The van der Waals surface area contributed by atoms with Crippen LogP contribution in [0, 0.1) is 0 Å². The Hall–Kier alpha value is 0.370. The van der Waals surface area contributed by atoms with Crippen LogP contribution in [0.2, 0.25) is 10.0 Å². The monoisotopic (exact) mass is 269 g/mol. The first kappa shape index (κ1) is 12.4. The Bertz CT molecular complexity index is 306. The van der Waals surface area contributed by atoms with Crippen molar-refractivity contribution in [1.29, 1.82) is 0 Å². The van der Waals surface area contributed by atoms with Crippen LogP contribution in [0.4, 0.5) is 0 Å². The molecule has 78 valence electrons. The maximum atomic E-state index is 5.97. The molecular weight excluding hydrogens is 261 g/mol. The van der Waals surface area contributed by atoms with Gasteiger partial charge in [0.05, 0.1) is 10.0 Å². The largest absolute Gasteiger partial charge is 0.247 e. The highest BCUT2D eigenvalue weighted by molar-refractivity contribution is 7.99. The van der Waals surface area contributed by atoms with E-state index in [0.717, 1.165) is 11.4 Å². The van der Waals surface area contributed by atoms with E-state index in [2.05, 4.69) is 11.9 Å². The highest BCUT2D eigenvalue weighted by Gasteiger charge is 2.08. The van der Waals surface area contributed by atoms with Crippen molar-refractivity contribution in [3.05, 3.63) is 22.3 Å². The van der Waals surface area contributed by atoms with Crippen molar-refractivity contribution < 1.29 is 0 Å². The summed E-state index contributed by atoms with van der Waals surface area (Å²) in [6, 6.07) is 1.70. The van der Waals surface area contributed by atoms with Crippen LogP contribution in [0.1, 0.15) is 13.3 Å². The molecule has 1 rings (SSSR count). The summed E-state index contributed by atoms with van der Waals surface area (Å²) in [5.41, 5.74) is 0. The third-order valence-corrected chi connectivity index (χ3v) is 3.61. The number of rotatable bonds is 4. The van der Waals surface area contributed by atoms with E-state index in [1.54, 1.807) is 24.0 Å². The number of hydrogen-bond donors (Lipinski definition) is 0. The average Bonchev–Trinajstić information content (AvgIpc) is 2.10. The Balaban J connectivity index is 2.67. The number of aromatic nitrogens is 1. The molecule has 0 aromatic carbocycles. The van der Waals surface area contributed by atoms with E-state index >= 15 is 0 Å². The maximum absolute atomic E-state index is 5.97. The summed E-state index contributed by atoms with van der Waals surface area (Å²) >= 11 is 19.0. The summed E-state index contributed by atoms with van der Waals surface area (Å²) in [7, 11) is 0. The zero-order valence-electron chi connectivity index (χ0n) is 7.64. The van der Waals surface area contributed by atoms with Crippen molar-refractivity contribution in [3.63, 3.8) is 0 Å². The molecule has 0 radical (unpaired) electrons. The zero-order valence-corrected chi connectivity index (χ0v) is 10.7. The van der Waals surface area contributed by atoms with Gasteiger partial charge >= 0.3 is 0 Å². The third-order valence-electron chi connectivity index (χ3n) is 1.60. The van der Waals surface area contributed by atoms with Gasteiger partial charge in [-0.25, -0.2) is 4.98 Å². The lowest BCUT2D eigenvalue weighted by Gasteiger charge is -2.09. The summed E-state index contributed by atoms with van der Waals surface area (Å²) in [5, 5.41) is 2.39. The molecule has 0 aliphatic rings. The lowest BCUT2D eigenvalue weighted by molar-refractivity contribution is 0.907. The number of thioether (sulfide) groups is 1. The van der Waals surface area contributed by atoms with E-state index in [1.165, 1.54) is 0 Å². The summed E-state index contributed by atoms with van der Waals surface area (Å²) < 4.78 is 0. The lowest BCUT2D eigenvalue weighted by atomic mass is 10.4. The van der Waals surface area contributed by atoms with Crippen molar-refractivity contribution in [2.75, 3.05) is 5.88 Å². The number of nitrogens with zero attached hydrogens (tertiary/aromatic N) is 1. The number of hydrogen-bond acceptors (Lipinski definition) is 2. The van der Waals surface area contributed by atoms with Crippen LogP contribution >= 0.6 is 46.6 Å². The second kappa shape index (κ2) is 6.06. The SMILES string of the molecule is CC(CCCl)Sc1ncc(Cl)cc1Cl. The normalized spacial score (nSPS) is 12.9. The molecule has 0 fully saturated rings. The van der Waals surface area contributed by atoms with Gasteiger partial charge in [-0.05, 0) is 12.5 Å². The summed E-state index contributed by atoms with van der Waals surface area (Å²) in [5.74, 6) is 0.652. The highest BCUT2D eigenvalue weighted by atomic mass is 35.5. The van der Waals surface area contributed by atoms with E-state index in [-0.39, 0.29) is 0 Å². The molecule has 0 N–H and O–H groups in total. The summed E-state index contributed by atoms with van der Waals surface area (Å²) in [6.07, 6.45) is 2.54. The van der Waals surface area contributed by atoms with Gasteiger partial charge in [-0.1, -0.05) is 30.1 Å². The maximum Gasteiger partial charge on any atom is 0.115 e. The van der Waals surface area contributed by atoms with Crippen molar-refractivity contribution >= 4 is 46.6 Å². The molecule has 0 bridgehead atoms. The fourth-order valence-electron chi connectivity index (χ4n) is 0.892. The van der Waals surface area contributed by atoms with Crippen molar-refractivity contribution in [1.82, 2.24) is 4.98 Å². The number of halogens is 3. The highest BCUT2D eigenvalue weighted by Crippen LogP contribution is 2.31. The molecular formula is C9H10Cl3NS. The van der Waals surface area contributed by atoms with Gasteiger partial charge in [0.25, 0.3) is 0 Å². The van der Waals surface area contributed by atoms with Crippen LogP contribution in [-0.4, -0.2) is 16.1 Å². The Morgan fingerprint density at radius 3 is 2.79 bits per heavy atom. The minimum Gasteiger partial charge on any atom is -0.247 e. The first-order chi connectivity index (χ1) is 6.63. The average molecular weight is 271 g/mol. The Morgan fingerprint density at radius 1 is 1.50 bits per heavy atom. The summed E-state index contributed by atoms with van der Waals surface area (Å²) in [6.45, 7) is 2.10. The Labute approximate surface area is 103 Å². The fourth-order valence-corrected chi connectivity index (χ4v) is 2.76. The lowest BCUT2D eigenvalue weighted by Crippen LogP contribution is -1.97. The van der Waals surface area contributed by atoms with Crippen molar-refractivity contribution in [3.8, 4) is 0 Å². The van der Waals surface area contributed by atoms with Gasteiger partial charge in [0.2, 0.25) is 0 Å². The molecule has 0 saturated carbocycles. The molecule has 0 aliphatic carbocycles. The predicted molar refractivity (Wildman–Crippen MR) is 64.9 cm³/mol. The standard InChI is InChI=1S/C9H10Cl3NS/c1-6(2-3-10)14-9-8(12)4-7(11)5-13-9/h4-6H,2-3H2,1H3. The molecule has 5 heteroatoms. The van der Waals surface area contributed by atoms with Gasteiger partial charge in [-0.15, -0.1) is 23.4 Å². The van der Waals surface area contributed by atoms with Gasteiger partial charge < -0.3 is 0 Å². The van der Waals surface area contributed by atoms with Crippen molar-refractivity contribution in [2.45, 2.75) is 23.6 Å². The van der Waals surface area contributed by atoms with Gasteiger partial charge in [-0.2, -0.15) is 0 Å². The zero-order chi connectivity index (χ0) is 10.6. The fraction of sp³-hybridized carbons (Fsp3) is 0.444. The molecule has 1 aromatic heterocycles. The first-order valence-electron chi connectivity index (χ1n) is 4.17. The molecule has 1 nitrogen and oxygen atoms in total. The van der Waals surface area contributed by atoms with Crippen LogP contribution in [0.25, 0.3) is 0 Å². The van der Waals surface area contributed by atoms with Crippen LogP contribution in [-0.2, 0) is 0 Å². The molecule has 14 heavy (non-hydrogen) atoms. The van der Waals surface area contributed by atoms with E-state index in [0.29, 0.717) is 21.2 Å². The van der Waals surface area contributed by atoms with Gasteiger partial charge in [0.1, 0.15) is 5.03 Å². The Morgan fingerprint density at radius 2 is 2.21 bits per heavy atom. The first-order valence-corrected chi connectivity index (χ1v) is 6.34. The van der Waals surface area contributed by atoms with E-state index < -0.39 is 0 Å². The number of pyridine rings is 1. The van der Waals surface area contributed by atoms with E-state index in [4.69, 9.17) is 34.8 Å². The molecule has 1 aromatic rings. The molecule has 0 spiro atoms. The van der Waals surface area contributed by atoms with Crippen LogP contribution < -0.4 is 0 Å². The Kier molecular flexibility index (Phi) is 5.39. The van der Waals surface area contributed by atoms with Gasteiger partial charge in [0, 0.05) is 17.3 Å². The molecule has 1 heterocycles. The van der Waals surface area contributed by atoms with Gasteiger partial charge in [0.15, 0.2) is 0 Å². The molecule has 1 atom stereocenters.